The van der Waals surface area contributed by atoms with Gasteiger partial charge < -0.3 is 21.3 Å². The SMILES string of the molecule is Cc1nc(N)nc(-c2ccc(F)c(C(=O)N(C)C3CCN(C)CC3)c2)c1C#Cc1ccc(N)nc1. The molecular formula is C26H28FN7O. The van der Waals surface area contributed by atoms with Gasteiger partial charge in [0.1, 0.15) is 11.6 Å². The van der Waals surface area contributed by atoms with Crippen LogP contribution in [0, 0.1) is 24.6 Å². The smallest absolute Gasteiger partial charge is 0.256 e. The second-order valence-corrected chi connectivity index (χ2v) is 8.76. The number of anilines is 2. The lowest BCUT2D eigenvalue weighted by molar-refractivity contribution is 0.0655. The fourth-order valence-corrected chi connectivity index (χ4v) is 4.14. The first-order valence-electron chi connectivity index (χ1n) is 11.4. The van der Waals surface area contributed by atoms with Gasteiger partial charge in [-0.15, -0.1) is 0 Å². The minimum atomic E-state index is -0.585. The number of hydrogen-bond acceptors (Lipinski definition) is 7. The Morgan fingerprint density at radius 3 is 2.57 bits per heavy atom. The van der Waals surface area contributed by atoms with Crippen molar-refractivity contribution in [3.8, 4) is 23.1 Å². The summed E-state index contributed by atoms with van der Waals surface area (Å²) in [6.45, 7) is 3.57. The number of likely N-dealkylation sites (tertiary alicyclic amines) is 1. The highest BCUT2D eigenvalue weighted by Gasteiger charge is 2.27. The van der Waals surface area contributed by atoms with E-state index in [1.807, 2.05) is 0 Å². The number of rotatable bonds is 3. The number of benzene rings is 1. The molecule has 35 heavy (non-hydrogen) atoms. The van der Waals surface area contributed by atoms with E-state index in [0.717, 1.165) is 25.9 Å². The third-order valence-corrected chi connectivity index (χ3v) is 6.25. The molecule has 0 radical (unpaired) electrons. The minimum Gasteiger partial charge on any atom is -0.384 e. The number of pyridine rings is 1. The fourth-order valence-electron chi connectivity index (χ4n) is 4.14. The summed E-state index contributed by atoms with van der Waals surface area (Å²) in [6, 6.07) is 7.85. The Kier molecular flexibility index (Phi) is 6.94. The highest BCUT2D eigenvalue weighted by Crippen LogP contribution is 2.27. The third-order valence-electron chi connectivity index (χ3n) is 6.25. The van der Waals surface area contributed by atoms with Crippen LogP contribution in [0.25, 0.3) is 11.3 Å². The number of piperidine rings is 1. The summed E-state index contributed by atoms with van der Waals surface area (Å²) in [5.41, 5.74) is 14.3. The number of aryl methyl sites for hydroxylation is 1. The van der Waals surface area contributed by atoms with Crippen LogP contribution in [0.3, 0.4) is 0 Å². The molecule has 0 unspecified atom stereocenters. The van der Waals surface area contributed by atoms with E-state index in [4.69, 9.17) is 11.5 Å². The lowest BCUT2D eigenvalue weighted by Gasteiger charge is -2.35. The number of carbonyl (C=O) groups excluding carboxylic acids is 1. The lowest BCUT2D eigenvalue weighted by Crippen LogP contribution is -2.44. The predicted molar refractivity (Wildman–Crippen MR) is 134 cm³/mol. The van der Waals surface area contributed by atoms with Crippen LogP contribution in [0.15, 0.2) is 36.5 Å². The molecule has 1 aliphatic heterocycles. The number of nitrogen functional groups attached to an aromatic ring is 2. The van der Waals surface area contributed by atoms with Crippen molar-refractivity contribution in [1.29, 1.82) is 0 Å². The maximum Gasteiger partial charge on any atom is 0.256 e. The predicted octanol–water partition coefficient (Wildman–Crippen LogP) is 2.72. The first-order chi connectivity index (χ1) is 16.7. The van der Waals surface area contributed by atoms with E-state index in [1.165, 1.54) is 12.1 Å². The lowest BCUT2D eigenvalue weighted by atomic mass is 10.00. The normalized spacial score (nSPS) is 14.3. The van der Waals surface area contributed by atoms with E-state index < -0.39 is 5.82 Å². The average molecular weight is 474 g/mol. The maximum absolute atomic E-state index is 14.8. The molecular weight excluding hydrogens is 445 g/mol. The largest absolute Gasteiger partial charge is 0.384 e. The molecule has 1 amide bonds. The van der Waals surface area contributed by atoms with Gasteiger partial charge in [-0.3, -0.25) is 4.79 Å². The van der Waals surface area contributed by atoms with Crippen molar-refractivity contribution in [3.05, 3.63) is 64.7 Å². The minimum absolute atomic E-state index is 0.0135. The van der Waals surface area contributed by atoms with Crippen LogP contribution < -0.4 is 11.5 Å². The summed E-state index contributed by atoms with van der Waals surface area (Å²) in [5.74, 6) is 5.63. The molecule has 0 bridgehead atoms. The van der Waals surface area contributed by atoms with E-state index in [2.05, 4.69) is 38.7 Å². The zero-order chi connectivity index (χ0) is 25.1. The maximum atomic E-state index is 14.8. The second-order valence-electron chi connectivity index (χ2n) is 8.76. The highest BCUT2D eigenvalue weighted by atomic mass is 19.1. The molecule has 1 fully saturated rings. The van der Waals surface area contributed by atoms with Crippen molar-refractivity contribution >= 4 is 17.7 Å². The number of halogens is 1. The molecule has 0 atom stereocenters. The van der Waals surface area contributed by atoms with Gasteiger partial charge in [0, 0.05) is 30.4 Å². The molecule has 1 saturated heterocycles. The number of nitrogens with zero attached hydrogens (tertiary/aromatic N) is 5. The Labute approximate surface area is 204 Å². The molecule has 1 aromatic carbocycles. The number of nitrogens with two attached hydrogens (primary N) is 2. The standard InChI is InChI=1S/C26H28FN7O/c1-16-20(7-4-17-5-9-23(28)30-15-17)24(32-26(29)31-16)18-6-8-22(27)21(14-18)25(35)34(3)19-10-12-33(2)13-11-19/h5-6,8-9,14-15,19H,10-13H2,1-3H3,(H2,28,30)(H2,29,31,32). The Hall–Kier alpha value is -4.03. The van der Waals surface area contributed by atoms with Gasteiger partial charge in [-0.05, 0) is 70.2 Å². The molecule has 180 valence electrons. The van der Waals surface area contributed by atoms with Crippen molar-refractivity contribution in [2.24, 2.45) is 0 Å². The van der Waals surface area contributed by atoms with Crippen LogP contribution >= 0.6 is 0 Å². The quantitative estimate of drug-likeness (QED) is 0.562. The highest BCUT2D eigenvalue weighted by molar-refractivity contribution is 5.96. The van der Waals surface area contributed by atoms with Gasteiger partial charge >= 0.3 is 0 Å². The van der Waals surface area contributed by atoms with E-state index in [9.17, 15) is 9.18 Å². The van der Waals surface area contributed by atoms with Crippen LogP contribution in [0.5, 0.6) is 0 Å². The molecule has 0 spiro atoms. The molecule has 4 rings (SSSR count). The second kappa shape index (κ2) is 10.1. The zero-order valence-corrected chi connectivity index (χ0v) is 20.0. The summed E-state index contributed by atoms with van der Waals surface area (Å²) in [7, 11) is 3.79. The first kappa shape index (κ1) is 24.1. The Bertz CT molecular complexity index is 1310. The van der Waals surface area contributed by atoms with E-state index >= 15 is 0 Å². The Morgan fingerprint density at radius 2 is 1.89 bits per heavy atom. The molecule has 8 nitrogen and oxygen atoms in total. The summed E-state index contributed by atoms with van der Waals surface area (Å²) in [4.78, 5) is 29.8. The van der Waals surface area contributed by atoms with E-state index in [1.54, 1.807) is 43.3 Å². The van der Waals surface area contributed by atoms with Gasteiger partial charge in [0.25, 0.3) is 5.91 Å². The van der Waals surface area contributed by atoms with Crippen molar-refractivity contribution < 1.29 is 9.18 Å². The van der Waals surface area contributed by atoms with Gasteiger partial charge in [0.05, 0.1) is 22.5 Å². The van der Waals surface area contributed by atoms with Crippen LogP contribution in [-0.2, 0) is 0 Å². The molecule has 9 heteroatoms. The summed E-state index contributed by atoms with van der Waals surface area (Å²) in [6.07, 6.45) is 3.27. The van der Waals surface area contributed by atoms with Crippen molar-refractivity contribution in [1.82, 2.24) is 24.8 Å². The Morgan fingerprint density at radius 1 is 1.14 bits per heavy atom. The van der Waals surface area contributed by atoms with Gasteiger partial charge in [-0.2, -0.15) is 0 Å². The zero-order valence-electron chi connectivity index (χ0n) is 20.0. The molecule has 0 aliphatic carbocycles. The number of carbonyl (C=O) groups is 1. The van der Waals surface area contributed by atoms with E-state index in [-0.39, 0.29) is 23.5 Å². The molecule has 4 N–H and O–H groups in total. The number of hydrogen-bond donors (Lipinski definition) is 2. The van der Waals surface area contributed by atoms with Crippen molar-refractivity contribution in [3.63, 3.8) is 0 Å². The van der Waals surface area contributed by atoms with Crippen LogP contribution in [0.4, 0.5) is 16.2 Å². The van der Waals surface area contributed by atoms with Crippen molar-refractivity contribution in [2.45, 2.75) is 25.8 Å². The van der Waals surface area contributed by atoms with Crippen LogP contribution in [0.2, 0.25) is 0 Å². The van der Waals surface area contributed by atoms with Crippen LogP contribution in [0.1, 0.15) is 40.0 Å². The molecule has 1 aliphatic rings. The van der Waals surface area contributed by atoms with Gasteiger partial charge in [-0.25, -0.2) is 19.3 Å². The summed E-state index contributed by atoms with van der Waals surface area (Å²) in [5, 5.41) is 0. The molecule has 0 saturated carbocycles. The molecule has 3 heterocycles. The first-order valence-corrected chi connectivity index (χ1v) is 11.4. The number of aromatic nitrogens is 3. The molecule has 3 aromatic rings. The van der Waals surface area contributed by atoms with Crippen LogP contribution in [-0.4, -0.2) is 63.9 Å². The fraction of sp³-hybridized carbons (Fsp3) is 0.308. The monoisotopic (exact) mass is 473 g/mol. The molecule has 2 aromatic heterocycles. The van der Waals surface area contributed by atoms with Gasteiger partial charge in [0.15, 0.2) is 0 Å². The van der Waals surface area contributed by atoms with E-state index in [0.29, 0.717) is 33.9 Å². The topological polar surface area (TPSA) is 114 Å². The third kappa shape index (κ3) is 5.39. The number of amides is 1. The average Bonchev–Trinajstić information content (AvgIpc) is 2.84. The summed E-state index contributed by atoms with van der Waals surface area (Å²) >= 11 is 0. The van der Waals surface area contributed by atoms with Gasteiger partial charge in [0.2, 0.25) is 5.95 Å². The summed E-state index contributed by atoms with van der Waals surface area (Å²) < 4.78 is 14.8. The Balaban J connectivity index is 1.71. The van der Waals surface area contributed by atoms with Gasteiger partial charge in [-0.1, -0.05) is 11.8 Å². The van der Waals surface area contributed by atoms with Crippen molar-refractivity contribution in [2.75, 3.05) is 38.7 Å².